The smallest absolute Gasteiger partial charge is 0.337 e. The van der Waals surface area contributed by atoms with Crippen LogP contribution in [-0.4, -0.2) is 70.3 Å². The maximum Gasteiger partial charge on any atom is 0.337 e. The first-order chi connectivity index (χ1) is 12.3. The Balaban J connectivity index is 3.20. The van der Waals surface area contributed by atoms with Crippen LogP contribution in [0.3, 0.4) is 0 Å². The van der Waals surface area contributed by atoms with E-state index in [4.69, 9.17) is 22.4 Å². The minimum Gasteiger partial charge on any atom is -0.455 e. The van der Waals surface area contributed by atoms with Crippen LogP contribution < -0.4 is 0 Å². The fraction of sp³-hybridized carbons (Fsp3) is 0.944. The van der Waals surface area contributed by atoms with Crippen LogP contribution in [0.25, 0.3) is 0 Å². The number of esters is 1. The van der Waals surface area contributed by atoms with Crippen LogP contribution in [0.2, 0.25) is 78.6 Å². The molecule has 4 atom stereocenters. The highest BCUT2D eigenvalue weighted by atomic mass is 28.4. The largest absolute Gasteiger partial charge is 0.455 e. The van der Waals surface area contributed by atoms with E-state index in [0.29, 0.717) is 6.61 Å². The molecule has 6 nitrogen and oxygen atoms in total. The molecule has 0 aliphatic carbocycles. The minimum atomic E-state index is -1.96. The molecule has 166 valence electrons. The average molecular weight is 467 g/mol. The summed E-state index contributed by atoms with van der Waals surface area (Å²) in [5, 5.41) is 0. The normalized spacial score (nSPS) is 25.7. The molecule has 0 aromatic carbocycles. The van der Waals surface area contributed by atoms with Gasteiger partial charge in [0.05, 0.1) is 6.61 Å². The number of hydrogen-bond donors (Lipinski definition) is 0. The Bertz CT molecular complexity index is 530. The Labute approximate surface area is 176 Å². The quantitative estimate of drug-likeness (QED) is 0.351. The van der Waals surface area contributed by atoms with Crippen LogP contribution in [0, 0.1) is 0 Å². The van der Waals surface area contributed by atoms with Crippen LogP contribution in [0.4, 0.5) is 0 Å². The third-order valence-corrected chi connectivity index (χ3v) is 7.61. The maximum atomic E-state index is 12.8. The summed E-state index contributed by atoms with van der Waals surface area (Å²) in [6, 6.07) is 0. The van der Waals surface area contributed by atoms with Crippen molar-refractivity contribution in [3.05, 3.63) is 0 Å². The van der Waals surface area contributed by atoms with Gasteiger partial charge in [0.2, 0.25) is 0 Å². The summed E-state index contributed by atoms with van der Waals surface area (Å²) >= 11 is 0. The summed E-state index contributed by atoms with van der Waals surface area (Å²) in [7, 11) is -7.56. The standard InChI is InChI=1S/C18H42O6Si4/c1-25(2,3)20-13-14(22-26(4,5)6)15-16(23-27(7,8)9)17(18(19)21-15)24-28(10,11)12/h14-17H,13H2,1-12H3/t14-,15-,16+,17+/m1/s1. The summed E-state index contributed by atoms with van der Waals surface area (Å²) in [5.74, 6) is -0.340. The molecule has 28 heavy (non-hydrogen) atoms. The lowest BCUT2D eigenvalue weighted by molar-refractivity contribution is -0.150. The van der Waals surface area contributed by atoms with Gasteiger partial charge in [-0.3, -0.25) is 0 Å². The van der Waals surface area contributed by atoms with Gasteiger partial charge in [-0.2, -0.15) is 0 Å². The lowest BCUT2D eigenvalue weighted by Crippen LogP contribution is -2.53. The van der Waals surface area contributed by atoms with Gasteiger partial charge in [-0.05, 0) is 78.6 Å². The van der Waals surface area contributed by atoms with Gasteiger partial charge in [0.15, 0.2) is 45.5 Å². The second-order valence-corrected chi connectivity index (χ2v) is 29.3. The van der Waals surface area contributed by atoms with E-state index in [-0.39, 0.29) is 12.1 Å². The first-order valence-corrected chi connectivity index (χ1v) is 23.8. The lowest BCUT2D eigenvalue weighted by atomic mass is 10.1. The monoisotopic (exact) mass is 466 g/mol. The van der Waals surface area contributed by atoms with Crippen molar-refractivity contribution in [3.8, 4) is 0 Å². The Kier molecular flexibility index (Phi) is 8.54. The summed E-state index contributed by atoms with van der Waals surface area (Å²) in [4.78, 5) is 12.8. The number of cyclic esters (lactones) is 1. The van der Waals surface area contributed by atoms with Gasteiger partial charge in [0.1, 0.15) is 12.2 Å². The molecular weight excluding hydrogens is 425 g/mol. The SMILES string of the molecule is C[Si](C)(C)OC[C@@H](O[Si](C)(C)C)[C@H]1OC(=O)[C@@H](O[Si](C)(C)C)[C@H]1O[Si](C)(C)C. The van der Waals surface area contributed by atoms with E-state index in [1.807, 2.05) is 0 Å². The predicted octanol–water partition coefficient (Wildman–Crippen LogP) is 4.42. The number of hydrogen-bond acceptors (Lipinski definition) is 6. The topological polar surface area (TPSA) is 63.2 Å². The molecule has 0 amide bonds. The molecule has 1 aliphatic heterocycles. The highest BCUT2D eigenvalue weighted by Crippen LogP contribution is 2.31. The second kappa shape index (κ2) is 9.12. The Morgan fingerprint density at radius 2 is 1.29 bits per heavy atom. The van der Waals surface area contributed by atoms with E-state index >= 15 is 0 Å². The highest BCUT2D eigenvalue weighted by Gasteiger charge is 2.53. The summed E-state index contributed by atoms with van der Waals surface area (Å²) in [6.07, 6.45) is -2.01. The Morgan fingerprint density at radius 3 is 1.68 bits per heavy atom. The van der Waals surface area contributed by atoms with Crippen molar-refractivity contribution >= 4 is 39.2 Å². The van der Waals surface area contributed by atoms with Gasteiger partial charge in [0, 0.05) is 0 Å². The van der Waals surface area contributed by atoms with E-state index in [0.717, 1.165) is 0 Å². The molecule has 1 rings (SSSR count). The second-order valence-electron chi connectivity index (χ2n) is 11.4. The molecule has 0 aromatic rings. The molecule has 0 bridgehead atoms. The van der Waals surface area contributed by atoms with E-state index in [2.05, 4.69) is 78.6 Å². The molecule has 0 spiro atoms. The minimum absolute atomic E-state index is 0.340. The van der Waals surface area contributed by atoms with Crippen molar-refractivity contribution < 1.29 is 27.2 Å². The van der Waals surface area contributed by atoms with Crippen LogP contribution in [0.5, 0.6) is 0 Å². The highest BCUT2D eigenvalue weighted by molar-refractivity contribution is 6.71. The van der Waals surface area contributed by atoms with Gasteiger partial charge >= 0.3 is 5.97 Å². The molecule has 0 radical (unpaired) electrons. The Morgan fingerprint density at radius 1 is 0.786 bits per heavy atom. The molecule has 10 heteroatoms. The van der Waals surface area contributed by atoms with Gasteiger partial charge in [-0.15, -0.1) is 0 Å². The van der Waals surface area contributed by atoms with Crippen molar-refractivity contribution in [2.45, 2.75) is 103 Å². The van der Waals surface area contributed by atoms with Crippen molar-refractivity contribution in [2.75, 3.05) is 6.61 Å². The molecule has 0 unspecified atom stereocenters. The summed E-state index contributed by atoms with van der Waals surface area (Å²) in [5.41, 5.74) is 0. The molecule has 0 aromatic heterocycles. The number of carbonyl (C=O) groups is 1. The van der Waals surface area contributed by atoms with Crippen LogP contribution in [0.1, 0.15) is 0 Å². The van der Waals surface area contributed by atoms with Gasteiger partial charge in [-0.1, -0.05) is 0 Å². The van der Waals surface area contributed by atoms with Gasteiger partial charge in [0.25, 0.3) is 0 Å². The zero-order valence-corrected chi connectivity index (χ0v) is 24.0. The summed E-state index contributed by atoms with van der Waals surface area (Å²) in [6.45, 7) is 25.8. The van der Waals surface area contributed by atoms with E-state index < -0.39 is 51.6 Å². The fourth-order valence-electron chi connectivity index (χ4n) is 2.88. The molecule has 0 saturated carbocycles. The van der Waals surface area contributed by atoms with Crippen molar-refractivity contribution in [3.63, 3.8) is 0 Å². The van der Waals surface area contributed by atoms with Crippen molar-refractivity contribution in [1.82, 2.24) is 0 Å². The molecular formula is C18H42O6Si4. The van der Waals surface area contributed by atoms with Crippen molar-refractivity contribution in [1.29, 1.82) is 0 Å². The molecule has 0 N–H and O–H groups in total. The van der Waals surface area contributed by atoms with E-state index in [1.54, 1.807) is 0 Å². The lowest BCUT2D eigenvalue weighted by Gasteiger charge is -2.36. The first-order valence-electron chi connectivity index (χ1n) is 10.2. The predicted molar refractivity (Wildman–Crippen MR) is 124 cm³/mol. The van der Waals surface area contributed by atoms with Crippen LogP contribution in [0.15, 0.2) is 0 Å². The van der Waals surface area contributed by atoms with E-state index in [1.165, 1.54) is 0 Å². The average Bonchev–Trinajstić information content (AvgIpc) is 2.66. The molecule has 1 aliphatic rings. The van der Waals surface area contributed by atoms with Gasteiger partial charge in [-0.25, -0.2) is 4.79 Å². The zero-order valence-electron chi connectivity index (χ0n) is 20.0. The maximum absolute atomic E-state index is 12.8. The Hall–Kier alpha value is 0.178. The third-order valence-electron chi connectivity index (χ3n) is 3.63. The summed E-state index contributed by atoms with van der Waals surface area (Å²) < 4.78 is 31.1. The molecule has 1 heterocycles. The zero-order chi connectivity index (χ0) is 22.1. The van der Waals surface area contributed by atoms with Crippen molar-refractivity contribution in [2.24, 2.45) is 0 Å². The van der Waals surface area contributed by atoms with E-state index in [9.17, 15) is 4.79 Å². The molecule has 1 fully saturated rings. The third kappa shape index (κ3) is 9.79. The number of carbonyl (C=O) groups excluding carboxylic acids is 1. The van der Waals surface area contributed by atoms with Crippen LogP contribution >= 0.6 is 0 Å². The number of rotatable bonds is 10. The first kappa shape index (κ1) is 26.2. The van der Waals surface area contributed by atoms with Crippen LogP contribution in [-0.2, 0) is 27.2 Å². The number of ether oxygens (including phenoxy) is 1. The fourth-order valence-corrected chi connectivity index (χ4v) is 6.72. The molecule has 1 saturated heterocycles. The van der Waals surface area contributed by atoms with Gasteiger partial charge < -0.3 is 22.4 Å².